The Hall–Kier alpha value is -1.70. The third-order valence-corrected chi connectivity index (χ3v) is 9.15. The molecule has 0 unspecified atom stereocenters. The molecule has 1 aliphatic rings. The molecule has 3 aromatic rings. The van der Waals surface area contributed by atoms with Crippen molar-refractivity contribution in [1.82, 2.24) is 4.31 Å². The van der Waals surface area contributed by atoms with Gasteiger partial charge >= 0.3 is 0 Å². The topological polar surface area (TPSA) is 54.5 Å². The van der Waals surface area contributed by atoms with Crippen LogP contribution in [0, 0.1) is 0 Å². The first-order valence-electron chi connectivity index (χ1n) is 9.22. The number of amides is 1. The molecular weight excluding hydrogens is 497 g/mol. The minimum absolute atomic E-state index is 0.0678. The average molecular weight is 513 g/mol. The van der Waals surface area contributed by atoms with Crippen molar-refractivity contribution in [1.29, 1.82) is 0 Å². The highest BCUT2D eigenvalue weighted by molar-refractivity contribution is 8.01. The van der Waals surface area contributed by atoms with E-state index in [0.717, 1.165) is 9.20 Å². The first kappa shape index (κ1) is 22.5. The Balaban J connectivity index is 1.87. The van der Waals surface area contributed by atoms with E-state index >= 15 is 0 Å². The molecule has 160 valence electrons. The quantitative estimate of drug-likeness (QED) is 0.397. The van der Waals surface area contributed by atoms with E-state index in [0.29, 0.717) is 10.6 Å². The highest BCUT2D eigenvalue weighted by Crippen LogP contribution is 2.55. The van der Waals surface area contributed by atoms with Gasteiger partial charge in [0, 0.05) is 9.92 Å². The van der Waals surface area contributed by atoms with E-state index in [1.165, 1.54) is 36.0 Å². The van der Waals surface area contributed by atoms with Crippen LogP contribution in [0.5, 0.6) is 0 Å². The van der Waals surface area contributed by atoms with Gasteiger partial charge in [0.1, 0.15) is 5.37 Å². The number of alkyl halides is 2. The number of hydrogen-bond donors (Lipinski definition) is 0. The number of carbonyl (C=O) groups excluding carboxylic acids is 1. The minimum Gasteiger partial charge on any atom is -0.270 e. The van der Waals surface area contributed by atoms with Gasteiger partial charge in [-0.05, 0) is 42.0 Å². The van der Waals surface area contributed by atoms with Crippen molar-refractivity contribution in [2.24, 2.45) is 0 Å². The van der Waals surface area contributed by atoms with Crippen LogP contribution < -0.4 is 0 Å². The first-order valence-corrected chi connectivity index (χ1v) is 12.7. The van der Waals surface area contributed by atoms with Crippen molar-refractivity contribution in [3.63, 3.8) is 0 Å². The molecule has 1 saturated heterocycles. The summed E-state index contributed by atoms with van der Waals surface area (Å²) in [4.78, 5) is 14.1. The maximum Gasteiger partial charge on any atom is 0.274 e. The Labute approximate surface area is 200 Å². The Kier molecular flexibility index (Phi) is 6.30. The van der Waals surface area contributed by atoms with Crippen molar-refractivity contribution >= 4 is 62.5 Å². The SMILES string of the molecule is O=C1N(S(=O)(=O)c2ccc(Cl)cc2)[C@H](Sc2ccccc2)[C@@H](c2ccccc2)C1(Cl)Cl. The molecule has 0 bridgehead atoms. The molecule has 0 radical (unpaired) electrons. The van der Waals surface area contributed by atoms with Crippen LogP contribution in [0.1, 0.15) is 11.5 Å². The molecule has 1 amide bonds. The summed E-state index contributed by atoms with van der Waals surface area (Å²) >= 11 is 20.3. The molecule has 31 heavy (non-hydrogen) atoms. The summed E-state index contributed by atoms with van der Waals surface area (Å²) in [6.07, 6.45) is 0. The van der Waals surface area contributed by atoms with Gasteiger partial charge in [0.15, 0.2) is 0 Å². The number of thioether (sulfide) groups is 1. The molecular formula is C22H16Cl3NO3S2. The summed E-state index contributed by atoms with van der Waals surface area (Å²) in [5, 5.41) is -0.513. The molecule has 0 N–H and O–H groups in total. The monoisotopic (exact) mass is 511 g/mol. The molecule has 0 aliphatic carbocycles. The molecule has 2 atom stereocenters. The third-order valence-electron chi connectivity index (χ3n) is 4.92. The van der Waals surface area contributed by atoms with E-state index in [1.54, 1.807) is 24.3 Å². The van der Waals surface area contributed by atoms with Crippen LogP contribution in [-0.2, 0) is 14.8 Å². The molecule has 0 saturated carbocycles. The number of rotatable bonds is 5. The van der Waals surface area contributed by atoms with E-state index in [2.05, 4.69) is 0 Å². The lowest BCUT2D eigenvalue weighted by atomic mass is 9.97. The van der Waals surface area contributed by atoms with Gasteiger partial charge < -0.3 is 0 Å². The molecule has 1 fully saturated rings. The van der Waals surface area contributed by atoms with E-state index in [-0.39, 0.29) is 4.90 Å². The van der Waals surface area contributed by atoms with Gasteiger partial charge in [-0.25, -0.2) is 12.7 Å². The number of carbonyl (C=O) groups is 1. The van der Waals surface area contributed by atoms with Crippen LogP contribution >= 0.6 is 46.6 Å². The summed E-state index contributed by atoms with van der Waals surface area (Å²) in [7, 11) is -4.25. The number of hydrogen-bond acceptors (Lipinski definition) is 4. The fourth-order valence-corrected chi connectivity index (χ4v) is 7.73. The average Bonchev–Trinajstić information content (AvgIpc) is 2.95. The van der Waals surface area contributed by atoms with E-state index in [9.17, 15) is 13.2 Å². The third kappa shape index (κ3) is 4.20. The van der Waals surface area contributed by atoms with Crippen molar-refractivity contribution < 1.29 is 13.2 Å². The number of benzene rings is 3. The molecule has 1 aliphatic heterocycles. The minimum atomic E-state index is -4.25. The van der Waals surface area contributed by atoms with Gasteiger partial charge in [0.05, 0.1) is 10.8 Å². The molecule has 0 spiro atoms. The van der Waals surface area contributed by atoms with Gasteiger partial charge in [0.25, 0.3) is 15.9 Å². The van der Waals surface area contributed by atoms with Gasteiger partial charge in [0.2, 0.25) is 4.33 Å². The zero-order chi connectivity index (χ0) is 22.2. The molecule has 3 aromatic carbocycles. The smallest absolute Gasteiger partial charge is 0.270 e. The van der Waals surface area contributed by atoms with Gasteiger partial charge in [-0.3, -0.25) is 4.79 Å². The maximum absolute atomic E-state index is 13.6. The summed E-state index contributed by atoms with van der Waals surface area (Å²) in [5.41, 5.74) is 0.670. The van der Waals surface area contributed by atoms with E-state index in [4.69, 9.17) is 34.8 Å². The van der Waals surface area contributed by atoms with Crippen LogP contribution in [0.2, 0.25) is 5.02 Å². The van der Waals surface area contributed by atoms with E-state index in [1.807, 2.05) is 36.4 Å². The normalized spacial score (nSPS) is 20.7. The maximum atomic E-state index is 13.6. The predicted molar refractivity (Wildman–Crippen MR) is 125 cm³/mol. The fraction of sp³-hybridized carbons (Fsp3) is 0.136. The van der Waals surface area contributed by atoms with E-state index < -0.39 is 31.6 Å². The number of halogens is 3. The summed E-state index contributed by atoms with van der Waals surface area (Å²) in [5.74, 6) is -1.68. The Morgan fingerprint density at radius 2 is 1.39 bits per heavy atom. The number of sulfonamides is 1. The molecule has 0 aromatic heterocycles. The highest BCUT2D eigenvalue weighted by Gasteiger charge is 2.62. The second-order valence-corrected chi connectivity index (χ2v) is 11.7. The van der Waals surface area contributed by atoms with Gasteiger partial charge in [-0.2, -0.15) is 0 Å². The van der Waals surface area contributed by atoms with Crippen LogP contribution in [0.3, 0.4) is 0 Å². The lowest BCUT2D eigenvalue weighted by Gasteiger charge is -2.27. The largest absolute Gasteiger partial charge is 0.274 e. The standard InChI is InChI=1S/C22H16Cl3NO3S2/c23-16-11-13-18(14-12-16)31(28,29)26-20(30-17-9-5-2-6-10-17)19(22(24,25)21(26)27)15-7-3-1-4-8-15/h1-14,19-20H/t19-,20-/m1/s1. The number of nitrogens with zero attached hydrogens (tertiary/aromatic N) is 1. The lowest BCUT2D eigenvalue weighted by molar-refractivity contribution is -0.124. The zero-order valence-corrected chi connectivity index (χ0v) is 19.8. The second kappa shape index (κ2) is 8.68. The van der Waals surface area contributed by atoms with Crippen LogP contribution in [0.4, 0.5) is 0 Å². The van der Waals surface area contributed by atoms with Crippen LogP contribution in [-0.4, -0.2) is 28.3 Å². The summed E-state index contributed by atoms with van der Waals surface area (Å²) < 4.78 is 26.0. The summed E-state index contributed by atoms with van der Waals surface area (Å²) in [6, 6.07) is 23.8. The summed E-state index contributed by atoms with van der Waals surface area (Å²) in [6.45, 7) is 0. The van der Waals surface area contributed by atoms with Crippen molar-refractivity contribution in [2.45, 2.75) is 25.4 Å². The van der Waals surface area contributed by atoms with Crippen LogP contribution in [0.25, 0.3) is 0 Å². The Morgan fingerprint density at radius 3 is 1.97 bits per heavy atom. The molecule has 1 heterocycles. The predicted octanol–water partition coefficient (Wildman–Crippen LogP) is 5.95. The zero-order valence-electron chi connectivity index (χ0n) is 15.9. The second-order valence-electron chi connectivity index (χ2n) is 6.89. The van der Waals surface area contributed by atoms with Crippen molar-refractivity contribution in [3.05, 3.63) is 95.5 Å². The van der Waals surface area contributed by atoms with Crippen molar-refractivity contribution in [2.75, 3.05) is 0 Å². The molecule has 4 rings (SSSR count). The van der Waals surface area contributed by atoms with Crippen molar-refractivity contribution in [3.8, 4) is 0 Å². The lowest BCUT2D eigenvalue weighted by Crippen LogP contribution is -2.39. The van der Waals surface area contributed by atoms with Crippen LogP contribution in [0.15, 0.2) is 94.7 Å². The Bertz CT molecular complexity index is 1190. The Morgan fingerprint density at radius 1 is 0.839 bits per heavy atom. The molecule has 9 heteroatoms. The fourth-order valence-electron chi connectivity index (χ4n) is 3.46. The van der Waals surface area contributed by atoms with Gasteiger partial charge in [-0.15, -0.1) is 0 Å². The first-order chi connectivity index (χ1) is 14.7. The molecule has 4 nitrogen and oxygen atoms in total. The van der Waals surface area contributed by atoms with Gasteiger partial charge in [-0.1, -0.05) is 95.1 Å². The highest BCUT2D eigenvalue weighted by atomic mass is 35.5.